The van der Waals surface area contributed by atoms with E-state index in [1.54, 1.807) is 26.0 Å². The van der Waals surface area contributed by atoms with Crippen molar-refractivity contribution in [3.8, 4) is 11.5 Å². The number of aromatic amines is 1. The van der Waals surface area contributed by atoms with Gasteiger partial charge in [0, 0.05) is 17.8 Å². The van der Waals surface area contributed by atoms with Gasteiger partial charge in [-0.15, -0.1) is 0 Å². The van der Waals surface area contributed by atoms with Crippen molar-refractivity contribution in [2.45, 2.75) is 38.6 Å². The molecule has 24 heavy (non-hydrogen) atoms. The molecule has 0 atom stereocenters. The molecule has 0 unspecified atom stereocenters. The maximum Gasteiger partial charge on any atom is 0.261 e. The summed E-state index contributed by atoms with van der Waals surface area (Å²) in [6, 6.07) is 3.40. The van der Waals surface area contributed by atoms with Crippen LogP contribution in [-0.2, 0) is 23.0 Å². The predicted octanol–water partition coefficient (Wildman–Crippen LogP) is 2.32. The molecule has 0 aliphatic carbocycles. The van der Waals surface area contributed by atoms with Crippen molar-refractivity contribution in [1.82, 2.24) is 19.8 Å². The molecule has 8 nitrogen and oxygen atoms in total. The van der Waals surface area contributed by atoms with E-state index < -0.39 is 10.0 Å². The third kappa shape index (κ3) is 3.00. The SMILES string of the molecule is CCc1noc(-c2c(C)[nH]c(C)c2S(=O)(=O)NCc2ccco2)n1. The van der Waals surface area contributed by atoms with Gasteiger partial charge >= 0.3 is 0 Å². The van der Waals surface area contributed by atoms with Gasteiger partial charge in [-0.2, -0.15) is 4.98 Å². The molecule has 0 radical (unpaired) electrons. The molecular weight excluding hydrogens is 332 g/mol. The van der Waals surface area contributed by atoms with E-state index in [0.717, 1.165) is 0 Å². The third-order valence-corrected chi connectivity index (χ3v) is 5.17. The largest absolute Gasteiger partial charge is 0.468 e. The molecule has 128 valence electrons. The van der Waals surface area contributed by atoms with E-state index in [0.29, 0.717) is 35.0 Å². The summed E-state index contributed by atoms with van der Waals surface area (Å²) in [6.45, 7) is 5.41. The lowest BCUT2D eigenvalue weighted by atomic mass is 10.2. The minimum Gasteiger partial charge on any atom is -0.468 e. The van der Waals surface area contributed by atoms with Crippen LogP contribution in [0.2, 0.25) is 0 Å². The van der Waals surface area contributed by atoms with Crippen LogP contribution in [0.4, 0.5) is 0 Å². The van der Waals surface area contributed by atoms with Gasteiger partial charge in [-0.05, 0) is 26.0 Å². The molecule has 3 heterocycles. The summed E-state index contributed by atoms with van der Waals surface area (Å²) in [7, 11) is -3.79. The van der Waals surface area contributed by atoms with Gasteiger partial charge < -0.3 is 13.9 Å². The van der Waals surface area contributed by atoms with Crippen molar-refractivity contribution < 1.29 is 17.4 Å². The van der Waals surface area contributed by atoms with E-state index >= 15 is 0 Å². The first-order valence-corrected chi connectivity index (χ1v) is 8.95. The topological polar surface area (TPSA) is 114 Å². The van der Waals surface area contributed by atoms with Crippen LogP contribution in [0.5, 0.6) is 0 Å². The van der Waals surface area contributed by atoms with Crippen molar-refractivity contribution in [1.29, 1.82) is 0 Å². The maximum absolute atomic E-state index is 12.8. The number of furan rings is 1. The highest BCUT2D eigenvalue weighted by atomic mass is 32.2. The Balaban J connectivity index is 2.00. The number of hydrogen-bond donors (Lipinski definition) is 2. The Labute approximate surface area is 139 Å². The first-order valence-electron chi connectivity index (χ1n) is 7.46. The molecule has 0 spiro atoms. The Morgan fingerprint density at radius 2 is 2.08 bits per heavy atom. The van der Waals surface area contributed by atoms with Crippen LogP contribution in [-0.4, -0.2) is 23.5 Å². The smallest absolute Gasteiger partial charge is 0.261 e. The van der Waals surface area contributed by atoms with E-state index in [2.05, 4.69) is 19.8 Å². The van der Waals surface area contributed by atoms with E-state index in [1.165, 1.54) is 6.26 Å². The summed E-state index contributed by atoms with van der Waals surface area (Å²) in [5, 5.41) is 3.84. The molecule has 0 aromatic carbocycles. The van der Waals surface area contributed by atoms with Gasteiger partial charge in [-0.25, -0.2) is 13.1 Å². The molecule has 3 rings (SSSR count). The lowest BCUT2D eigenvalue weighted by molar-refractivity contribution is 0.422. The Bertz CT molecular complexity index is 938. The fraction of sp³-hybridized carbons (Fsp3) is 0.333. The molecule has 0 aliphatic rings. The van der Waals surface area contributed by atoms with Gasteiger partial charge in [0.25, 0.3) is 5.89 Å². The fourth-order valence-corrected chi connectivity index (χ4v) is 3.94. The molecule has 0 bridgehead atoms. The quantitative estimate of drug-likeness (QED) is 0.705. The summed E-state index contributed by atoms with van der Waals surface area (Å²) < 4.78 is 38.5. The second-order valence-corrected chi connectivity index (χ2v) is 7.06. The van der Waals surface area contributed by atoms with E-state index in [-0.39, 0.29) is 17.3 Å². The monoisotopic (exact) mass is 350 g/mol. The molecule has 3 aromatic rings. The van der Waals surface area contributed by atoms with Gasteiger partial charge in [0.2, 0.25) is 10.0 Å². The third-order valence-electron chi connectivity index (χ3n) is 3.60. The summed E-state index contributed by atoms with van der Waals surface area (Å²) in [6.07, 6.45) is 2.09. The maximum atomic E-state index is 12.8. The zero-order valence-electron chi connectivity index (χ0n) is 13.6. The van der Waals surface area contributed by atoms with E-state index in [1.807, 2.05) is 6.92 Å². The van der Waals surface area contributed by atoms with Crippen molar-refractivity contribution in [3.63, 3.8) is 0 Å². The Kier molecular flexibility index (Phi) is 4.29. The minimum absolute atomic E-state index is 0.0580. The van der Waals surface area contributed by atoms with Crippen molar-refractivity contribution in [2.75, 3.05) is 0 Å². The second-order valence-electron chi connectivity index (χ2n) is 5.35. The normalized spacial score (nSPS) is 12.0. The van der Waals surface area contributed by atoms with Crippen LogP contribution in [0.25, 0.3) is 11.5 Å². The van der Waals surface area contributed by atoms with Crippen LogP contribution >= 0.6 is 0 Å². The fourth-order valence-electron chi connectivity index (χ4n) is 2.50. The number of nitrogens with one attached hydrogen (secondary N) is 2. The van der Waals surface area contributed by atoms with Gasteiger partial charge in [0.05, 0.1) is 18.4 Å². The Morgan fingerprint density at radius 1 is 1.29 bits per heavy atom. The second kappa shape index (κ2) is 6.25. The number of H-pyrrole nitrogens is 1. The molecule has 3 aromatic heterocycles. The van der Waals surface area contributed by atoms with Crippen LogP contribution in [0.3, 0.4) is 0 Å². The average molecular weight is 350 g/mol. The van der Waals surface area contributed by atoms with Gasteiger partial charge in [0.1, 0.15) is 10.7 Å². The van der Waals surface area contributed by atoms with Crippen LogP contribution < -0.4 is 4.72 Å². The number of aryl methyl sites for hydroxylation is 3. The predicted molar refractivity (Wildman–Crippen MR) is 85.7 cm³/mol. The summed E-state index contributed by atoms with van der Waals surface area (Å²) in [4.78, 5) is 7.39. The highest BCUT2D eigenvalue weighted by molar-refractivity contribution is 7.89. The zero-order valence-corrected chi connectivity index (χ0v) is 14.4. The molecule has 0 amide bonds. The van der Waals surface area contributed by atoms with E-state index in [4.69, 9.17) is 8.94 Å². The van der Waals surface area contributed by atoms with Crippen LogP contribution in [0.1, 0.15) is 29.9 Å². The molecular formula is C15H18N4O4S. The summed E-state index contributed by atoms with van der Waals surface area (Å²) >= 11 is 0. The molecule has 9 heteroatoms. The summed E-state index contributed by atoms with van der Waals surface area (Å²) in [5.74, 6) is 1.23. The van der Waals surface area contributed by atoms with Crippen molar-refractivity contribution >= 4 is 10.0 Å². The number of rotatable bonds is 6. The minimum atomic E-state index is -3.79. The van der Waals surface area contributed by atoms with Crippen LogP contribution in [0.15, 0.2) is 32.2 Å². The van der Waals surface area contributed by atoms with Gasteiger partial charge in [-0.3, -0.25) is 0 Å². The Hall–Kier alpha value is -2.39. The number of aromatic nitrogens is 3. The van der Waals surface area contributed by atoms with Crippen molar-refractivity contribution in [2.24, 2.45) is 0 Å². The average Bonchev–Trinajstić information content (AvgIpc) is 3.24. The number of nitrogens with zero attached hydrogens (tertiary/aromatic N) is 2. The number of hydrogen-bond acceptors (Lipinski definition) is 6. The molecule has 0 saturated heterocycles. The van der Waals surface area contributed by atoms with Crippen molar-refractivity contribution in [3.05, 3.63) is 41.4 Å². The number of sulfonamides is 1. The standard InChI is InChI=1S/C15H18N4O4S/c1-4-12-18-15(23-19-12)13-9(2)17-10(3)14(13)24(20,21)16-8-11-6-5-7-22-11/h5-7,16-17H,4,8H2,1-3H3. The highest BCUT2D eigenvalue weighted by Crippen LogP contribution is 2.32. The first kappa shape index (κ1) is 16.5. The first-order chi connectivity index (χ1) is 11.4. The van der Waals surface area contributed by atoms with Gasteiger partial charge in [0.15, 0.2) is 5.82 Å². The highest BCUT2D eigenvalue weighted by Gasteiger charge is 2.29. The molecule has 0 fully saturated rings. The zero-order chi connectivity index (χ0) is 17.3. The van der Waals surface area contributed by atoms with Gasteiger partial charge in [-0.1, -0.05) is 12.1 Å². The lowest BCUT2D eigenvalue weighted by Gasteiger charge is -2.06. The molecule has 0 aliphatic heterocycles. The Morgan fingerprint density at radius 3 is 2.71 bits per heavy atom. The molecule has 0 saturated carbocycles. The molecule has 2 N–H and O–H groups in total. The lowest BCUT2D eigenvalue weighted by Crippen LogP contribution is -2.24. The summed E-state index contributed by atoms with van der Waals surface area (Å²) in [5.41, 5.74) is 1.55. The van der Waals surface area contributed by atoms with E-state index in [9.17, 15) is 8.42 Å². The van der Waals surface area contributed by atoms with Crippen LogP contribution in [0, 0.1) is 13.8 Å².